The second-order valence-corrected chi connectivity index (χ2v) is 9.43. The Kier molecular flexibility index (Phi) is 13.9. The summed E-state index contributed by atoms with van der Waals surface area (Å²) in [4.78, 5) is 65.9. The first-order valence-corrected chi connectivity index (χ1v) is 12.8. The summed E-state index contributed by atoms with van der Waals surface area (Å²) < 4.78 is 0. The van der Waals surface area contributed by atoms with Crippen LogP contribution in [-0.4, -0.2) is 76.5 Å². The molecule has 1 rings (SSSR count). The molecule has 5 atom stereocenters. The number of aromatic hydroxyl groups is 1. The minimum atomic E-state index is -1.29. The van der Waals surface area contributed by atoms with Gasteiger partial charge in [0, 0.05) is 13.0 Å². The maximum Gasteiger partial charge on any atom is 0.326 e. The summed E-state index contributed by atoms with van der Waals surface area (Å²) in [7, 11) is 0. The highest BCUT2D eigenvalue weighted by Crippen LogP contribution is 2.14. The number of aliphatic carboxylic acids is 1. The number of primary amides is 1. The van der Waals surface area contributed by atoms with Crippen molar-refractivity contribution in [3.8, 4) is 5.75 Å². The molecule has 15 heteroatoms. The predicted octanol–water partition coefficient (Wildman–Crippen LogP) is -2.22. The zero-order chi connectivity index (χ0) is 30.4. The maximum atomic E-state index is 13.3. The molecule has 0 heterocycles. The summed E-state index contributed by atoms with van der Waals surface area (Å²) in [6.07, 6.45) is 0.265. The highest BCUT2D eigenvalue weighted by atomic mass is 16.4. The van der Waals surface area contributed by atoms with Gasteiger partial charge in [0.05, 0.1) is 12.5 Å². The maximum absolute atomic E-state index is 13.3. The molecule has 0 saturated carbocycles. The van der Waals surface area contributed by atoms with E-state index >= 15 is 0 Å². The van der Waals surface area contributed by atoms with E-state index in [1.54, 1.807) is 26.0 Å². The van der Waals surface area contributed by atoms with Crippen molar-refractivity contribution in [2.24, 2.45) is 33.8 Å². The quantitative estimate of drug-likeness (QED) is 0.0558. The molecule has 0 aliphatic rings. The zero-order valence-electron chi connectivity index (χ0n) is 22.6. The van der Waals surface area contributed by atoms with Crippen LogP contribution < -0.4 is 38.9 Å². The lowest BCUT2D eigenvalue weighted by Gasteiger charge is -2.28. The Morgan fingerprint density at radius 1 is 0.925 bits per heavy atom. The summed E-state index contributed by atoms with van der Waals surface area (Å²) in [5, 5.41) is 26.7. The predicted molar refractivity (Wildman–Crippen MR) is 146 cm³/mol. The van der Waals surface area contributed by atoms with Gasteiger partial charge in [0.2, 0.25) is 23.6 Å². The molecule has 1 aromatic rings. The fourth-order valence-corrected chi connectivity index (χ4v) is 3.64. The number of carbonyl (C=O) groups is 5. The number of aliphatic imine (C=N–C) groups is 1. The number of guanidine groups is 1. The van der Waals surface area contributed by atoms with Crippen LogP contribution in [0.3, 0.4) is 0 Å². The zero-order valence-corrected chi connectivity index (χ0v) is 22.6. The Morgan fingerprint density at radius 3 is 2.05 bits per heavy atom. The molecule has 4 amide bonds. The number of carboxylic acids is 1. The summed E-state index contributed by atoms with van der Waals surface area (Å²) in [6.45, 7) is 3.65. The topological polar surface area (TPSA) is 278 Å². The summed E-state index contributed by atoms with van der Waals surface area (Å²) in [5.74, 6) is -4.90. The van der Waals surface area contributed by atoms with Crippen LogP contribution in [0, 0.1) is 5.92 Å². The Balaban J connectivity index is 3.16. The van der Waals surface area contributed by atoms with Gasteiger partial charge < -0.3 is 49.1 Å². The third-order valence-electron chi connectivity index (χ3n) is 6.12. The molecule has 0 aromatic heterocycles. The highest BCUT2D eigenvalue weighted by molar-refractivity contribution is 5.95. The lowest BCUT2D eigenvalue weighted by Crippen LogP contribution is -2.59. The van der Waals surface area contributed by atoms with E-state index in [9.17, 15) is 34.2 Å². The molecule has 0 spiro atoms. The molecule has 0 saturated heterocycles. The molecule has 222 valence electrons. The number of carbonyl (C=O) groups excluding carboxylic acids is 4. The van der Waals surface area contributed by atoms with E-state index in [1.165, 1.54) is 12.1 Å². The fraction of sp³-hybridized carbons (Fsp3) is 0.520. The number of hydrogen-bond acceptors (Lipinski definition) is 8. The van der Waals surface area contributed by atoms with Gasteiger partial charge in [-0.05, 0) is 36.5 Å². The minimum Gasteiger partial charge on any atom is -0.508 e. The van der Waals surface area contributed by atoms with E-state index in [0.29, 0.717) is 12.0 Å². The average molecular weight is 565 g/mol. The number of phenols is 1. The van der Waals surface area contributed by atoms with Crippen molar-refractivity contribution in [3.63, 3.8) is 0 Å². The number of phenolic OH excluding ortho intramolecular Hbond substituents is 1. The van der Waals surface area contributed by atoms with Crippen LogP contribution in [0.25, 0.3) is 0 Å². The third kappa shape index (κ3) is 12.0. The second-order valence-electron chi connectivity index (χ2n) is 9.43. The Bertz CT molecular complexity index is 1060. The standard InChI is InChI=1S/C25H40N8O7/c1-3-13(2)20(33-21(36)16(26)12-19(27)35)23(38)32-18(11-14-6-8-15(34)9-7-14)22(37)31-17(24(39)40)5-4-10-30-25(28)29/h6-9,13,16-18,20,34H,3-5,10-12,26H2,1-2H3,(H2,27,35)(H,31,37)(H,32,38)(H,33,36)(H,39,40)(H4,28,29,30). The number of nitrogens with one attached hydrogen (secondary N) is 3. The third-order valence-corrected chi connectivity index (χ3v) is 6.12. The first-order valence-electron chi connectivity index (χ1n) is 12.8. The van der Waals surface area contributed by atoms with Crippen molar-refractivity contribution in [2.75, 3.05) is 6.54 Å². The van der Waals surface area contributed by atoms with Crippen molar-refractivity contribution >= 4 is 35.6 Å². The van der Waals surface area contributed by atoms with Crippen LogP contribution in [0.5, 0.6) is 5.75 Å². The molecule has 1 aromatic carbocycles. The lowest BCUT2D eigenvalue weighted by atomic mass is 9.96. The van der Waals surface area contributed by atoms with E-state index in [2.05, 4.69) is 20.9 Å². The Labute approximate surface area is 232 Å². The number of nitrogens with zero attached hydrogens (tertiary/aromatic N) is 1. The minimum absolute atomic E-state index is 0.00708. The molecular weight excluding hydrogens is 524 g/mol. The van der Waals surface area contributed by atoms with Crippen LogP contribution in [-0.2, 0) is 30.4 Å². The SMILES string of the molecule is CCC(C)C(NC(=O)C(N)CC(N)=O)C(=O)NC(Cc1ccc(O)cc1)C(=O)NC(CCCN=C(N)N)C(=O)O. The van der Waals surface area contributed by atoms with Crippen LogP contribution in [0.4, 0.5) is 0 Å². The van der Waals surface area contributed by atoms with Crippen LogP contribution in [0.15, 0.2) is 29.3 Å². The van der Waals surface area contributed by atoms with Crippen LogP contribution in [0.2, 0.25) is 0 Å². The number of nitrogens with two attached hydrogens (primary N) is 4. The molecule has 0 aliphatic heterocycles. The summed E-state index contributed by atoms with van der Waals surface area (Å²) in [5.41, 5.74) is 21.9. The lowest BCUT2D eigenvalue weighted by molar-refractivity contribution is -0.142. The molecule has 13 N–H and O–H groups in total. The molecule has 0 fully saturated rings. The van der Waals surface area contributed by atoms with Crippen molar-refractivity contribution in [1.82, 2.24) is 16.0 Å². The Hall–Kier alpha value is -4.40. The van der Waals surface area contributed by atoms with E-state index in [-0.39, 0.29) is 37.5 Å². The van der Waals surface area contributed by atoms with Gasteiger partial charge in [-0.15, -0.1) is 0 Å². The fourth-order valence-electron chi connectivity index (χ4n) is 3.64. The van der Waals surface area contributed by atoms with Crippen molar-refractivity contribution in [3.05, 3.63) is 29.8 Å². The van der Waals surface area contributed by atoms with Crippen molar-refractivity contribution in [1.29, 1.82) is 0 Å². The molecule has 0 radical (unpaired) electrons. The monoisotopic (exact) mass is 564 g/mol. The number of carboxylic acid groups (broad SMARTS) is 1. The van der Waals surface area contributed by atoms with Gasteiger partial charge in [-0.2, -0.15) is 0 Å². The summed E-state index contributed by atoms with van der Waals surface area (Å²) >= 11 is 0. The van der Waals surface area contributed by atoms with Gasteiger partial charge >= 0.3 is 5.97 Å². The summed E-state index contributed by atoms with van der Waals surface area (Å²) in [6, 6.07) is 0.947. The van der Waals surface area contributed by atoms with Gasteiger partial charge in [0.25, 0.3) is 0 Å². The number of benzene rings is 1. The van der Waals surface area contributed by atoms with E-state index in [0.717, 1.165) is 0 Å². The van der Waals surface area contributed by atoms with Crippen LogP contribution >= 0.6 is 0 Å². The molecule has 15 nitrogen and oxygen atoms in total. The largest absolute Gasteiger partial charge is 0.508 e. The van der Waals surface area contributed by atoms with Gasteiger partial charge in [-0.3, -0.25) is 24.2 Å². The van der Waals surface area contributed by atoms with Gasteiger partial charge in [0.1, 0.15) is 23.9 Å². The van der Waals surface area contributed by atoms with Crippen molar-refractivity contribution in [2.45, 2.75) is 70.1 Å². The van der Waals surface area contributed by atoms with E-state index < -0.39 is 66.1 Å². The molecular formula is C25H40N8O7. The highest BCUT2D eigenvalue weighted by Gasteiger charge is 2.32. The number of hydrogen-bond donors (Lipinski definition) is 9. The van der Waals surface area contributed by atoms with Gasteiger partial charge in [0.15, 0.2) is 5.96 Å². The first kappa shape index (κ1) is 33.6. The Morgan fingerprint density at radius 2 is 1.52 bits per heavy atom. The normalized spacial score (nSPS) is 14.5. The molecule has 40 heavy (non-hydrogen) atoms. The molecule has 0 bridgehead atoms. The van der Waals surface area contributed by atoms with E-state index in [1.807, 2.05) is 0 Å². The second kappa shape index (κ2) is 16.5. The molecule has 5 unspecified atom stereocenters. The number of rotatable bonds is 17. The van der Waals surface area contributed by atoms with E-state index in [4.69, 9.17) is 22.9 Å². The number of amides is 4. The first-order chi connectivity index (χ1) is 18.7. The molecule has 0 aliphatic carbocycles. The average Bonchev–Trinajstić information content (AvgIpc) is 2.88. The van der Waals surface area contributed by atoms with Crippen LogP contribution in [0.1, 0.15) is 45.1 Å². The van der Waals surface area contributed by atoms with Crippen molar-refractivity contribution < 1.29 is 34.2 Å². The van der Waals surface area contributed by atoms with Gasteiger partial charge in [-0.1, -0.05) is 32.4 Å². The smallest absolute Gasteiger partial charge is 0.326 e. The van der Waals surface area contributed by atoms with Gasteiger partial charge in [-0.25, -0.2) is 4.79 Å².